The van der Waals surface area contributed by atoms with Gasteiger partial charge < -0.3 is 0 Å². The third-order valence-electron chi connectivity index (χ3n) is 3.46. The van der Waals surface area contributed by atoms with Crippen molar-refractivity contribution in [3.8, 4) is 22.5 Å². The molecule has 2 aromatic heterocycles. The fourth-order valence-electron chi connectivity index (χ4n) is 2.40. The smallest absolute Gasteiger partial charge is 0.222 e. The molecule has 0 aliphatic carbocycles. The Hall–Kier alpha value is -2.39. The molecule has 132 valence electrons. The van der Waals surface area contributed by atoms with Crippen molar-refractivity contribution in [2.45, 2.75) is 0 Å². The normalized spacial score (nSPS) is 11.1. The maximum Gasteiger partial charge on any atom is 0.294 e. The first-order chi connectivity index (χ1) is 12.4. The SMILES string of the molecule is [O-][Cl+3]([O-])([O-])[O-].c1ccc(-c2ccc3scc(-c4ccccc4)[n+]3n2)cc1. The molecule has 0 saturated heterocycles. The highest BCUT2D eigenvalue weighted by molar-refractivity contribution is 7.15. The number of aromatic nitrogens is 2. The monoisotopic (exact) mass is 388 g/mol. The number of benzene rings is 2. The number of thiazole rings is 1. The summed E-state index contributed by atoms with van der Waals surface area (Å²) in [5.74, 6) is 0. The van der Waals surface area contributed by atoms with E-state index in [4.69, 9.17) is 23.7 Å². The van der Waals surface area contributed by atoms with Gasteiger partial charge in [-0.25, -0.2) is 18.6 Å². The van der Waals surface area contributed by atoms with E-state index in [9.17, 15) is 0 Å². The highest BCUT2D eigenvalue weighted by Crippen LogP contribution is 2.22. The molecule has 0 unspecified atom stereocenters. The number of rotatable bonds is 2. The van der Waals surface area contributed by atoms with Crippen LogP contribution in [0.25, 0.3) is 27.3 Å². The molecule has 26 heavy (non-hydrogen) atoms. The Balaban J connectivity index is 0.000000349. The van der Waals surface area contributed by atoms with Crippen molar-refractivity contribution in [3.05, 3.63) is 78.2 Å². The van der Waals surface area contributed by atoms with Crippen molar-refractivity contribution in [3.63, 3.8) is 0 Å². The van der Waals surface area contributed by atoms with Gasteiger partial charge in [-0.1, -0.05) is 59.9 Å². The molecule has 0 aliphatic rings. The number of hydrogen-bond donors (Lipinski definition) is 0. The minimum atomic E-state index is -4.94. The fraction of sp³-hybridized carbons (Fsp3) is 0. The Morgan fingerprint density at radius 2 is 1.27 bits per heavy atom. The second-order valence-corrected chi connectivity index (χ2v) is 6.85. The molecule has 0 atom stereocenters. The van der Waals surface area contributed by atoms with Crippen LogP contribution in [0.1, 0.15) is 0 Å². The second-order valence-electron chi connectivity index (χ2n) is 5.20. The molecule has 0 amide bonds. The minimum absolute atomic E-state index is 0.990. The largest absolute Gasteiger partial charge is 0.294 e. The summed E-state index contributed by atoms with van der Waals surface area (Å²) in [6.07, 6.45) is 0. The average Bonchev–Trinajstić information content (AvgIpc) is 3.05. The van der Waals surface area contributed by atoms with Gasteiger partial charge in [0.2, 0.25) is 0 Å². The van der Waals surface area contributed by atoms with Crippen LogP contribution < -0.4 is 23.2 Å². The summed E-state index contributed by atoms with van der Waals surface area (Å²) < 4.78 is 36.0. The lowest BCUT2D eigenvalue weighted by Gasteiger charge is -2.17. The van der Waals surface area contributed by atoms with Crippen LogP contribution in [0.15, 0.2) is 78.2 Å². The molecule has 0 saturated carbocycles. The third-order valence-corrected chi connectivity index (χ3v) is 4.35. The lowest BCUT2D eigenvalue weighted by Crippen LogP contribution is -2.68. The Morgan fingerprint density at radius 1 is 0.731 bits per heavy atom. The van der Waals surface area contributed by atoms with Crippen LogP contribution in [0, 0.1) is 10.2 Å². The Labute approximate surface area is 155 Å². The topological polar surface area (TPSA) is 109 Å². The Morgan fingerprint density at radius 3 is 1.85 bits per heavy atom. The van der Waals surface area contributed by atoms with Crippen LogP contribution >= 0.6 is 11.3 Å². The number of hydrogen-bond acceptors (Lipinski definition) is 6. The predicted molar refractivity (Wildman–Crippen MR) is 86.1 cm³/mol. The quantitative estimate of drug-likeness (QED) is 0.428. The van der Waals surface area contributed by atoms with Gasteiger partial charge in [-0.05, 0) is 22.7 Å². The lowest BCUT2D eigenvalue weighted by molar-refractivity contribution is -2.00. The van der Waals surface area contributed by atoms with E-state index in [2.05, 4.69) is 53.9 Å². The average molecular weight is 389 g/mol. The van der Waals surface area contributed by atoms with E-state index in [1.54, 1.807) is 11.3 Å². The van der Waals surface area contributed by atoms with Gasteiger partial charge in [0, 0.05) is 16.7 Å². The van der Waals surface area contributed by atoms with Crippen LogP contribution in [-0.4, -0.2) is 5.10 Å². The highest BCUT2D eigenvalue weighted by atomic mass is 35.7. The maximum atomic E-state index is 8.49. The Bertz CT molecular complexity index is 982. The van der Waals surface area contributed by atoms with Gasteiger partial charge in [0.25, 0.3) is 10.5 Å². The summed E-state index contributed by atoms with van der Waals surface area (Å²) in [5, 5.41) is 6.97. The molecule has 0 aliphatic heterocycles. The van der Waals surface area contributed by atoms with Crippen molar-refractivity contribution in [2.24, 2.45) is 0 Å². The van der Waals surface area contributed by atoms with E-state index in [0.717, 1.165) is 21.8 Å². The molecule has 0 spiro atoms. The Kier molecular flexibility index (Phi) is 5.58. The fourth-order valence-corrected chi connectivity index (χ4v) is 3.26. The van der Waals surface area contributed by atoms with E-state index in [-0.39, 0.29) is 0 Å². The second kappa shape index (κ2) is 7.88. The van der Waals surface area contributed by atoms with Gasteiger partial charge in [0.1, 0.15) is 5.69 Å². The van der Waals surface area contributed by atoms with E-state index < -0.39 is 10.2 Å². The lowest BCUT2D eigenvalue weighted by atomic mass is 10.1. The van der Waals surface area contributed by atoms with Crippen molar-refractivity contribution < 1.29 is 33.4 Å². The number of nitrogens with zero attached hydrogens (tertiary/aromatic N) is 2. The summed E-state index contributed by atoms with van der Waals surface area (Å²) in [6.45, 7) is 0. The van der Waals surface area contributed by atoms with Crippen LogP contribution in [0.2, 0.25) is 0 Å². The summed E-state index contributed by atoms with van der Waals surface area (Å²) >= 11 is 1.71. The van der Waals surface area contributed by atoms with Crippen molar-refractivity contribution >= 4 is 16.2 Å². The molecule has 0 fully saturated rings. The van der Waals surface area contributed by atoms with Gasteiger partial charge in [-0.3, -0.25) is 0 Å². The molecule has 4 rings (SSSR count). The van der Waals surface area contributed by atoms with E-state index in [1.807, 2.05) is 28.8 Å². The van der Waals surface area contributed by atoms with Crippen LogP contribution in [-0.2, 0) is 0 Å². The summed E-state index contributed by atoms with van der Waals surface area (Å²) in [6, 6.07) is 24.9. The number of halogens is 1. The molecular weight excluding hydrogens is 376 g/mol. The number of fused-ring (bicyclic) bond motifs is 1. The van der Waals surface area contributed by atoms with Crippen molar-refractivity contribution in [1.82, 2.24) is 5.10 Å². The van der Waals surface area contributed by atoms with Gasteiger partial charge in [-0.2, -0.15) is 0 Å². The molecule has 4 aromatic rings. The van der Waals surface area contributed by atoms with Crippen LogP contribution in [0.3, 0.4) is 0 Å². The highest BCUT2D eigenvalue weighted by Gasteiger charge is 2.18. The van der Waals surface area contributed by atoms with Crippen LogP contribution in [0.5, 0.6) is 0 Å². The predicted octanol–water partition coefficient (Wildman–Crippen LogP) is -0.540. The maximum absolute atomic E-state index is 8.49. The first-order valence-electron chi connectivity index (χ1n) is 7.45. The zero-order valence-electron chi connectivity index (χ0n) is 13.3. The zero-order valence-corrected chi connectivity index (χ0v) is 14.9. The molecule has 0 bridgehead atoms. The molecule has 2 aromatic carbocycles. The molecule has 8 heteroatoms. The summed E-state index contributed by atoms with van der Waals surface area (Å²) in [7, 11) is -4.94. The van der Waals surface area contributed by atoms with E-state index in [0.29, 0.717) is 0 Å². The minimum Gasteiger partial charge on any atom is -0.222 e. The van der Waals surface area contributed by atoms with Crippen LogP contribution in [0.4, 0.5) is 0 Å². The van der Waals surface area contributed by atoms with Crippen molar-refractivity contribution in [1.29, 1.82) is 0 Å². The van der Waals surface area contributed by atoms with E-state index >= 15 is 0 Å². The molecule has 6 nitrogen and oxygen atoms in total. The molecular formula is C18H13ClN2O4S. The third kappa shape index (κ3) is 4.83. The standard InChI is InChI=1S/C18H13N2S.ClHO4/c1-3-7-14(8-4-1)16-11-12-18-20(19-16)17(13-21-18)15-9-5-2-6-10-15;2-1(3,4)5/h1-13H;(H,2,3,4,5)/q+1;/p-1. The van der Waals surface area contributed by atoms with Gasteiger partial charge in [0.15, 0.2) is 0 Å². The van der Waals surface area contributed by atoms with E-state index in [1.165, 1.54) is 5.56 Å². The van der Waals surface area contributed by atoms with Crippen molar-refractivity contribution in [2.75, 3.05) is 0 Å². The first kappa shape index (κ1) is 18.4. The van der Waals surface area contributed by atoms with Gasteiger partial charge in [-0.15, -0.1) is 10.2 Å². The van der Waals surface area contributed by atoms with Gasteiger partial charge >= 0.3 is 0 Å². The summed E-state index contributed by atoms with van der Waals surface area (Å²) in [4.78, 5) is 1.15. The molecule has 0 radical (unpaired) electrons. The summed E-state index contributed by atoms with van der Waals surface area (Å²) in [5.41, 5.74) is 4.45. The first-order valence-corrected chi connectivity index (χ1v) is 9.56. The van der Waals surface area contributed by atoms with Gasteiger partial charge in [0.05, 0.1) is 10.9 Å². The molecule has 2 heterocycles. The zero-order chi connectivity index (χ0) is 18.6. The molecule has 0 N–H and O–H groups in total.